The molecule has 0 aliphatic carbocycles. The van der Waals surface area contributed by atoms with E-state index < -0.39 is 0 Å². The molecule has 0 atom stereocenters. The molecule has 5 nitrogen and oxygen atoms in total. The summed E-state index contributed by atoms with van der Waals surface area (Å²) in [5, 5.41) is 3.59. The fourth-order valence-electron chi connectivity index (χ4n) is 2.28. The summed E-state index contributed by atoms with van der Waals surface area (Å²) in [6.45, 7) is 2.41. The summed E-state index contributed by atoms with van der Waals surface area (Å²) < 4.78 is 5.18. The minimum atomic E-state index is -0.0462. The van der Waals surface area contributed by atoms with Crippen LogP contribution in [0, 0.1) is 6.92 Å². The van der Waals surface area contributed by atoms with Crippen LogP contribution >= 0.6 is 11.8 Å². The van der Waals surface area contributed by atoms with Gasteiger partial charge in [0.2, 0.25) is 5.91 Å². The van der Waals surface area contributed by atoms with E-state index in [4.69, 9.17) is 4.42 Å². The van der Waals surface area contributed by atoms with E-state index in [-0.39, 0.29) is 5.91 Å². The number of H-pyrrole nitrogens is 1. The molecule has 2 heterocycles. The molecule has 3 aromatic rings. The first-order chi connectivity index (χ1) is 11.7. The molecule has 0 unspecified atom stereocenters. The molecule has 0 spiro atoms. The van der Waals surface area contributed by atoms with Crippen LogP contribution in [0.15, 0.2) is 58.3 Å². The molecule has 2 aromatic heterocycles. The Balaban J connectivity index is 1.50. The van der Waals surface area contributed by atoms with E-state index in [1.807, 2.05) is 31.2 Å². The fourth-order valence-corrected chi connectivity index (χ4v) is 3.05. The topological polar surface area (TPSA) is 70.9 Å². The highest BCUT2D eigenvalue weighted by Gasteiger charge is 2.10. The highest BCUT2D eigenvalue weighted by molar-refractivity contribution is 7.99. The molecular weight excluding hydrogens is 322 g/mol. The number of hydrogen-bond donors (Lipinski definition) is 2. The molecule has 2 N–H and O–H groups in total. The van der Waals surface area contributed by atoms with Gasteiger partial charge in [0.25, 0.3) is 0 Å². The van der Waals surface area contributed by atoms with Gasteiger partial charge in [0.15, 0.2) is 5.16 Å². The number of nitrogens with zero attached hydrogens (tertiary/aromatic N) is 1. The highest BCUT2D eigenvalue weighted by atomic mass is 32.2. The number of benzene rings is 1. The second-order valence-corrected chi connectivity index (χ2v) is 6.38. The minimum Gasteiger partial charge on any atom is -0.467 e. The van der Waals surface area contributed by atoms with Crippen molar-refractivity contribution >= 4 is 17.7 Å². The molecule has 1 aromatic carbocycles. The monoisotopic (exact) mass is 341 g/mol. The van der Waals surface area contributed by atoms with Crippen molar-refractivity contribution in [2.45, 2.75) is 25.0 Å². The minimum absolute atomic E-state index is 0.0462. The molecule has 0 aliphatic rings. The molecule has 0 aliphatic heterocycles. The maximum atomic E-state index is 11.9. The molecule has 0 saturated carbocycles. The summed E-state index contributed by atoms with van der Waals surface area (Å²) >= 11 is 1.40. The molecule has 6 heteroatoms. The second-order valence-electron chi connectivity index (χ2n) is 5.42. The van der Waals surface area contributed by atoms with Crippen molar-refractivity contribution in [1.29, 1.82) is 0 Å². The third-order valence-electron chi connectivity index (χ3n) is 3.56. The average molecular weight is 341 g/mol. The summed E-state index contributed by atoms with van der Waals surface area (Å²) in [4.78, 5) is 19.7. The third kappa shape index (κ3) is 4.52. The van der Waals surface area contributed by atoms with Gasteiger partial charge in [-0.1, -0.05) is 42.1 Å². The van der Waals surface area contributed by atoms with Gasteiger partial charge in [0.05, 0.1) is 24.3 Å². The number of aromatic amines is 1. The van der Waals surface area contributed by atoms with Crippen molar-refractivity contribution in [2.75, 3.05) is 5.75 Å². The molecule has 24 heavy (non-hydrogen) atoms. The van der Waals surface area contributed by atoms with Gasteiger partial charge in [0, 0.05) is 12.1 Å². The first-order valence-corrected chi connectivity index (χ1v) is 8.70. The first-order valence-electron chi connectivity index (χ1n) is 7.72. The Morgan fingerprint density at radius 3 is 2.83 bits per heavy atom. The summed E-state index contributed by atoms with van der Waals surface area (Å²) in [6.07, 6.45) is 2.38. The van der Waals surface area contributed by atoms with E-state index in [0.29, 0.717) is 12.3 Å². The highest BCUT2D eigenvalue weighted by Crippen LogP contribution is 2.18. The van der Waals surface area contributed by atoms with E-state index in [1.54, 1.807) is 12.3 Å². The Labute approximate surface area is 144 Å². The average Bonchev–Trinajstić information content (AvgIpc) is 3.22. The number of thioether (sulfide) groups is 1. The lowest BCUT2D eigenvalue weighted by atomic mass is 10.1. The number of rotatable bonds is 7. The molecule has 0 fully saturated rings. The summed E-state index contributed by atoms with van der Waals surface area (Å²) in [7, 11) is 0. The number of aromatic nitrogens is 2. The van der Waals surface area contributed by atoms with Crippen LogP contribution in [0.4, 0.5) is 0 Å². The largest absolute Gasteiger partial charge is 0.467 e. The van der Waals surface area contributed by atoms with Gasteiger partial charge in [-0.25, -0.2) is 4.98 Å². The predicted molar refractivity (Wildman–Crippen MR) is 93.9 cm³/mol. The van der Waals surface area contributed by atoms with Crippen LogP contribution < -0.4 is 5.32 Å². The standard InChI is InChI=1S/C18H19N3O2S/c1-13-16(10-14-6-3-2-4-7-14)21-18(20-13)24-12-17(22)19-11-15-8-5-9-23-15/h2-9H,10-12H2,1H3,(H,19,22)(H,20,21). The predicted octanol–water partition coefficient (Wildman–Crippen LogP) is 3.31. The summed E-state index contributed by atoms with van der Waals surface area (Å²) in [5.74, 6) is 1.01. The number of nitrogens with one attached hydrogen (secondary N) is 2. The fraction of sp³-hybridized carbons (Fsp3) is 0.222. The smallest absolute Gasteiger partial charge is 0.230 e. The number of carbonyl (C=O) groups is 1. The number of amides is 1. The maximum Gasteiger partial charge on any atom is 0.230 e. The van der Waals surface area contributed by atoms with Crippen molar-refractivity contribution in [1.82, 2.24) is 15.3 Å². The zero-order valence-electron chi connectivity index (χ0n) is 13.4. The van der Waals surface area contributed by atoms with Crippen molar-refractivity contribution < 1.29 is 9.21 Å². The van der Waals surface area contributed by atoms with Crippen LogP contribution in [0.5, 0.6) is 0 Å². The van der Waals surface area contributed by atoms with Gasteiger partial charge in [-0.05, 0) is 24.6 Å². The third-order valence-corrected chi connectivity index (χ3v) is 4.43. The Kier molecular flexibility index (Phi) is 5.38. The van der Waals surface area contributed by atoms with Gasteiger partial charge in [-0.2, -0.15) is 0 Å². The molecule has 0 saturated heterocycles. The van der Waals surface area contributed by atoms with Crippen LogP contribution in [-0.2, 0) is 17.8 Å². The van der Waals surface area contributed by atoms with Crippen LogP contribution in [0.2, 0.25) is 0 Å². The van der Waals surface area contributed by atoms with Crippen LogP contribution in [0.3, 0.4) is 0 Å². The molecule has 0 radical (unpaired) electrons. The van der Waals surface area contributed by atoms with E-state index in [0.717, 1.165) is 28.7 Å². The molecule has 124 valence electrons. The number of carbonyl (C=O) groups excluding carboxylic acids is 1. The van der Waals surface area contributed by atoms with Gasteiger partial charge < -0.3 is 14.7 Å². The van der Waals surface area contributed by atoms with Crippen molar-refractivity contribution in [3.05, 3.63) is 71.4 Å². The zero-order chi connectivity index (χ0) is 16.8. The van der Waals surface area contributed by atoms with Crippen molar-refractivity contribution in [3.63, 3.8) is 0 Å². The Hall–Kier alpha value is -2.47. The number of imidazole rings is 1. The van der Waals surface area contributed by atoms with Gasteiger partial charge in [-0.3, -0.25) is 4.79 Å². The van der Waals surface area contributed by atoms with Crippen molar-refractivity contribution in [3.8, 4) is 0 Å². The van der Waals surface area contributed by atoms with Gasteiger partial charge in [-0.15, -0.1) is 0 Å². The Bertz CT molecular complexity index is 782. The lowest BCUT2D eigenvalue weighted by molar-refractivity contribution is -0.118. The number of hydrogen-bond acceptors (Lipinski definition) is 4. The van der Waals surface area contributed by atoms with E-state index in [1.165, 1.54) is 17.3 Å². The summed E-state index contributed by atoms with van der Waals surface area (Å²) in [5.41, 5.74) is 3.27. The van der Waals surface area contributed by atoms with Gasteiger partial charge in [0.1, 0.15) is 5.76 Å². The maximum absolute atomic E-state index is 11.9. The first kappa shape index (κ1) is 16.4. The van der Waals surface area contributed by atoms with E-state index in [2.05, 4.69) is 27.4 Å². The zero-order valence-corrected chi connectivity index (χ0v) is 14.2. The van der Waals surface area contributed by atoms with Crippen LogP contribution in [0.1, 0.15) is 22.7 Å². The number of aryl methyl sites for hydroxylation is 1. The summed E-state index contributed by atoms with van der Waals surface area (Å²) in [6, 6.07) is 13.9. The molecule has 3 rings (SSSR count). The number of furan rings is 1. The van der Waals surface area contributed by atoms with E-state index >= 15 is 0 Å². The lowest BCUT2D eigenvalue weighted by Crippen LogP contribution is -2.24. The normalized spacial score (nSPS) is 10.7. The Morgan fingerprint density at radius 2 is 2.08 bits per heavy atom. The SMILES string of the molecule is Cc1[nH]c(SCC(=O)NCc2ccco2)nc1Cc1ccccc1. The Morgan fingerprint density at radius 1 is 1.25 bits per heavy atom. The van der Waals surface area contributed by atoms with E-state index in [9.17, 15) is 4.79 Å². The van der Waals surface area contributed by atoms with Gasteiger partial charge >= 0.3 is 0 Å². The lowest BCUT2D eigenvalue weighted by Gasteiger charge is -2.01. The van der Waals surface area contributed by atoms with Crippen LogP contribution in [0.25, 0.3) is 0 Å². The molecular formula is C18H19N3O2S. The van der Waals surface area contributed by atoms with Crippen LogP contribution in [-0.4, -0.2) is 21.6 Å². The van der Waals surface area contributed by atoms with Crippen molar-refractivity contribution in [2.24, 2.45) is 0 Å². The molecule has 0 bridgehead atoms. The quantitative estimate of drug-likeness (QED) is 0.647. The molecule has 1 amide bonds. The second kappa shape index (κ2) is 7.88.